The number of fused-ring (bicyclic) bond motifs is 1. The van der Waals surface area contributed by atoms with Crippen LogP contribution in [0.15, 0.2) is 60.8 Å². The monoisotopic (exact) mass is 337 g/mol. The van der Waals surface area contributed by atoms with Gasteiger partial charge in [0.2, 0.25) is 5.91 Å². The van der Waals surface area contributed by atoms with Crippen LogP contribution < -0.4 is 11.1 Å². The van der Waals surface area contributed by atoms with Gasteiger partial charge in [-0.25, -0.2) is 4.39 Å². The largest absolute Gasteiger partial charge is 0.368 e. The lowest BCUT2D eigenvalue weighted by Crippen LogP contribution is -2.45. The molecule has 0 aliphatic heterocycles. The van der Waals surface area contributed by atoms with Gasteiger partial charge in [-0.15, -0.1) is 0 Å². The average Bonchev–Trinajstić information content (AvgIpc) is 2.60. The zero-order valence-corrected chi connectivity index (χ0v) is 13.3. The third kappa shape index (κ3) is 3.80. The Balaban J connectivity index is 1.84. The molecule has 5 nitrogen and oxygen atoms in total. The number of halogens is 1. The SMILES string of the molecule is NC(=O)[C@H](Cc1cccc(F)c1)NC(=O)c1cccc2cccnc12. The van der Waals surface area contributed by atoms with Crippen molar-refractivity contribution in [1.29, 1.82) is 0 Å². The number of hydrogen-bond acceptors (Lipinski definition) is 3. The third-order valence-electron chi connectivity index (χ3n) is 3.85. The summed E-state index contributed by atoms with van der Waals surface area (Å²) < 4.78 is 13.3. The summed E-state index contributed by atoms with van der Waals surface area (Å²) in [6.45, 7) is 0. The van der Waals surface area contributed by atoms with Gasteiger partial charge in [0.05, 0.1) is 11.1 Å². The minimum atomic E-state index is -0.951. The molecule has 0 saturated heterocycles. The van der Waals surface area contributed by atoms with Gasteiger partial charge >= 0.3 is 0 Å². The summed E-state index contributed by atoms with van der Waals surface area (Å²) >= 11 is 0. The first-order valence-corrected chi connectivity index (χ1v) is 7.73. The zero-order valence-electron chi connectivity index (χ0n) is 13.3. The van der Waals surface area contributed by atoms with Crippen molar-refractivity contribution in [1.82, 2.24) is 10.3 Å². The minimum Gasteiger partial charge on any atom is -0.368 e. The molecule has 25 heavy (non-hydrogen) atoms. The van der Waals surface area contributed by atoms with E-state index in [1.165, 1.54) is 12.1 Å². The Morgan fingerprint density at radius 1 is 1.12 bits per heavy atom. The smallest absolute Gasteiger partial charge is 0.254 e. The van der Waals surface area contributed by atoms with Gasteiger partial charge in [0.15, 0.2) is 0 Å². The van der Waals surface area contributed by atoms with Gasteiger partial charge in [0, 0.05) is 18.0 Å². The van der Waals surface area contributed by atoms with Crippen LogP contribution in [0.5, 0.6) is 0 Å². The Hall–Kier alpha value is -3.28. The molecule has 0 aliphatic rings. The quantitative estimate of drug-likeness (QED) is 0.748. The molecule has 6 heteroatoms. The van der Waals surface area contributed by atoms with Gasteiger partial charge < -0.3 is 11.1 Å². The molecular formula is C19H16FN3O2. The Kier molecular flexibility index (Phi) is 4.70. The summed E-state index contributed by atoms with van der Waals surface area (Å²) in [4.78, 5) is 28.5. The lowest BCUT2D eigenvalue weighted by atomic mass is 10.0. The van der Waals surface area contributed by atoms with E-state index >= 15 is 0 Å². The van der Waals surface area contributed by atoms with Crippen LogP contribution in [0.25, 0.3) is 10.9 Å². The molecule has 0 unspecified atom stereocenters. The lowest BCUT2D eigenvalue weighted by molar-refractivity contribution is -0.119. The summed E-state index contributed by atoms with van der Waals surface area (Å²) in [6.07, 6.45) is 1.70. The number of nitrogens with one attached hydrogen (secondary N) is 1. The summed E-state index contributed by atoms with van der Waals surface area (Å²) in [6, 6.07) is 13.7. The van der Waals surface area contributed by atoms with E-state index in [0.717, 1.165) is 5.39 Å². The lowest BCUT2D eigenvalue weighted by Gasteiger charge is -2.16. The second-order valence-electron chi connectivity index (χ2n) is 5.64. The Labute approximate surface area is 143 Å². The molecule has 1 aromatic heterocycles. The number of aromatic nitrogens is 1. The topological polar surface area (TPSA) is 85.1 Å². The van der Waals surface area contributed by atoms with Crippen LogP contribution in [0.2, 0.25) is 0 Å². The van der Waals surface area contributed by atoms with Crippen molar-refractivity contribution in [2.24, 2.45) is 5.73 Å². The molecule has 1 heterocycles. The van der Waals surface area contributed by atoms with Crippen molar-refractivity contribution in [3.05, 3.63) is 77.7 Å². The van der Waals surface area contributed by atoms with Crippen LogP contribution in [-0.4, -0.2) is 22.8 Å². The van der Waals surface area contributed by atoms with E-state index in [0.29, 0.717) is 16.6 Å². The Morgan fingerprint density at radius 2 is 1.88 bits per heavy atom. The molecule has 0 spiro atoms. The zero-order chi connectivity index (χ0) is 17.8. The fraction of sp³-hybridized carbons (Fsp3) is 0.105. The fourth-order valence-electron chi connectivity index (χ4n) is 2.65. The van der Waals surface area contributed by atoms with Crippen molar-refractivity contribution in [2.45, 2.75) is 12.5 Å². The maximum atomic E-state index is 13.3. The summed E-state index contributed by atoms with van der Waals surface area (Å²) in [5.74, 6) is -1.55. The van der Waals surface area contributed by atoms with Crippen LogP contribution in [0.1, 0.15) is 15.9 Å². The molecule has 1 atom stereocenters. The molecule has 3 rings (SSSR count). The maximum Gasteiger partial charge on any atom is 0.254 e. The van der Waals surface area contributed by atoms with Crippen molar-refractivity contribution in [3.63, 3.8) is 0 Å². The van der Waals surface area contributed by atoms with E-state index in [9.17, 15) is 14.0 Å². The third-order valence-corrected chi connectivity index (χ3v) is 3.85. The summed E-state index contributed by atoms with van der Waals surface area (Å²) in [7, 11) is 0. The number of hydrogen-bond donors (Lipinski definition) is 2. The fourth-order valence-corrected chi connectivity index (χ4v) is 2.65. The molecule has 0 radical (unpaired) electrons. The van der Waals surface area contributed by atoms with Crippen molar-refractivity contribution >= 4 is 22.7 Å². The number of rotatable bonds is 5. The first-order valence-electron chi connectivity index (χ1n) is 7.73. The molecule has 3 aromatic rings. The first kappa shape index (κ1) is 16.6. The van der Waals surface area contributed by atoms with E-state index in [-0.39, 0.29) is 6.42 Å². The van der Waals surface area contributed by atoms with E-state index in [1.807, 2.05) is 12.1 Å². The second-order valence-corrected chi connectivity index (χ2v) is 5.64. The number of amides is 2. The van der Waals surface area contributed by atoms with Gasteiger partial charge in [-0.1, -0.05) is 30.3 Å². The number of carbonyl (C=O) groups is 2. The summed E-state index contributed by atoms with van der Waals surface area (Å²) in [5, 5.41) is 3.43. The predicted octanol–water partition coefficient (Wildman–Crippen LogP) is 2.20. The molecule has 0 bridgehead atoms. The van der Waals surface area contributed by atoms with Crippen LogP contribution >= 0.6 is 0 Å². The normalized spacial score (nSPS) is 11.9. The highest BCUT2D eigenvalue weighted by molar-refractivity contribution is 6.06. The molecule has 3 N–H and O–H groups in total. The van der Waals surface area contributed by atoms with Crippen LogP contribution in [-0.2, 0) is 11.2 Å². The standard InChI is InChI=1S/C19H16FN3O2/c20-14-7-1-4-12(10-14)11-16(18(21)24)23-19(25)15-8-2-5-13-6-3-9-22-17(13)15/h1-10,16H,11H2,(H2,21,24)(H,23,25)/t16-/m0/s1. The van der Waals surface area contributed by atoms with Crippen molar-refractivity contribution in [3.8, 4) is 0 Å². The predicted molar refractivity (Wildman–Crippen MR) is 92.3 cm³/mol. The van der Waals surface area contributed by atoms with Gasteiger partial charge in [0.1, 0.15) is 11.9 Å². The van der Waals surface area contributed by atoms with Crippen LogP contribution in [0.3, 0.4) is 0 Å². The van der Waals surface area contributed by atoms with E-state index in [2.05, 4.69) is 10.3 Å². The minimum absolute atomic E-state index is 0.108. The molecule has 2 aromatic carbocycles. The number of primary amides is 1. The molecule has 0 saturated carbocycles. The highest BCUT2D eigenvalue weighted by atomic mass is 19.1. The molecule has 126 valence electrons. The number of para-hydroxylation sites is 1. The van der Waals surface area contributed by atoms with Crippen molar-refractivity contribution < 1.29 is 14.0 Å². The van der Waals surface area contributed by atoms with E-state index in [1.54, 1.807) is 36.5 Å². The molecule has 2 amide bonds. The Morgan fingerprint density at radius 3 is 2.64 bits per heavy atom. The number of pyridine rings is 1. The Bertz CT molecular complexity index is 937. The number of benzene rings is 2. The van der Waals surface area contributed by atoms with Crippen LogP contribution in [0.4, 0.5) is 4.39 Å². The highest BCUT2D eigenvalue weighted by Gasteiger charge is 2.21. The van der Waals surface area contributed by atoms with Crippen LogP contribution in [0, 0.1) is 5.82 Å². The average molecular weight is 337 g/mol. The number of carbonyl (C=O) groups excluding carboxylic acids is 2. The van der Waals surface area contributed by atoms with Gasteiger partial charge in [-0.05, 0) is 29.8 Å². The first-order chi connectivity index (χ1) is 12.0. The van der Waals surface area contributed by atoms with E-state index in [4.69, 9.17) is 5.73 Å². The van der Waals surface area contributed by atoms with Gasteiger partial charge in [-0.3, -0.25) is 14.6 Å². The van der Waals surface area contributed by atoms with Crippen molar-refractivity contribution in [2.75, 3.05) is 0 Å². The molecule has 0 fully saturated rings. The summed E-state index contributed by atoms with van der Waals surface area (Å²) in [5.41, 5.74) is 6.86. The number of nitrogens with zero attached hydrogens (tertiary/aromatic N) is 1. The molecular weight excluding hydrogens is 321 g/mol. The maximum absolute atomic E-state index is 13.3. The highest BCUT2D eigenvalue weighted by Crippen LogP contribution is 2.16. The molecule has 0 aliphatic carbocycles. The van der Waals surface area contributed by atoms with E-state index < -0.39 is 23.7 Å². The van der Waals surface area contributed by atoms with Gasteiger partial charge in [0.25, 0.3) is 5.91 Å². The second kappa shape index (κ2) is 7.09. The van der Waals surface area contributed by atoms with Gasteiger partial charge in [-0.2, -0.15) is 0 Å². The number of nitrogens with two attached hydrogens (primary N) is 1.